The van der Waals surface area contributed by atoms with Crippen LogP contribution in [0.2, 0.25) is 0 Å². The zero-order valence-corrected chi connectivity index (χ0v) is 30.9. The van der Waals surface area contributed by atoms with Crippen molar-refractivity contribution in [2.24, 2.45) is 23.3 Å². The van der Waals surface area contributed by atoms with Crippen LogP contribution in [0.4, 0.5) is 0 Å². The lowest BCUT2D eigenvalue weighted by Gasteiger charge is -2.30. The Bertz CT molecular complexity index is 1500. The van der Waals surface area contributed by atoms with Crippen molar-refractivity contribution in [2.45, 2.75) is 116 Å². The number of hydrogen-bond donors (Lipinski definition) is 12. The van der Waals surface area contributed by atoms with Crippen molar-refractivity contribution in [2.75, 3.05) is 0 Å². The minimum absolute atomic E-state index is 0.258. The number of carboxylic acid groups (broad SMARTS) is 2. The number of amides is 7. The summed E-state index contributed by atoms with van der Waals surface area (Å²) in [5, 5.41) is 42.3. The van der Waals surface area contributed by atoms with Crippen molar-refractivity contribution in [1.82, 2.24) is 41.9 Å². The molecule has 1 aromatic rings. The standard InChI is InChI=1S/C32H52N10O12/c1-7-14(4)24(41-30(51)23(13(2)3)40-26(47)15(5)37-27(48)18(33)9-22(45)46)31(52)39-20(10-21(34)44)28(49)38-19(8-17-11-35-12-36-17)29(50)42-25(16(6)43)32(53)54/h11-16,18-20,23-25,43H,7-10,33H2,1-6H3,(H2,34,44)(H,35,36)(H,37,48)(H,38,49)(H,39,52)(H,40,47)(H,41,51)(H,42,50)(H,45,46)(H,53,54). The van der Waals surface area contributed by atoms with Crippen molar-refractivity contribution in [3.05, 3.63) is 18.2 Å². The Hall–Kier alpha value is -5.64. The van der Waals surface area contributed by atoms with Gasteiger partial charge < -0.3 is 63.7 Å². The molecule has 9 unspecified atom stereocenters. The number of H-pyrrole nitrogens is 1. The molecular weight excluding hydrogens is 716 g/mol. The predicted molar refractivity (Wildman–Crippen MR) is 187 cm³/mol. The Balaban J connectivity index is 3.25. The molecule has 54 heavy (non-hydrogen) atoms. The molecular formula is C32H52N10O12. The van der Waals surface area contributed by atoms with Crippen molar-refractivity contribution >= 4 is 53.3 Å². The van der Waals surface area contributed by atoms with E-state index in [2.05, 4.69) is 41.9 Å². The fraction of sp³-hybridized carbons (Fsp3) is 0.625. The molecule has 302 valence electrons. The number of aliphatic hydroxyl groups excluding tert-OH is 1. The summed E-state index contributed by atoms with van der Waals surface area (Å²) in [6.07, 6.45) is -0.276. The molecule has 0 bridgehead atoms. The molecule has 0 radical (unpaired) electrons. The molecule has 0 fully saturated rings. The van der Waals surface area contributed by atoms with Crippen molar-refractivity contribution < 1.29 is 58.5 Å². The summed E-state index contributed by atoms with van der Waals surface area (Å²) in [4.78, 5) is 120. The number of nitrogens with zero attached hydrogens (tertiary/aromatic N) is 1. The minimum Gasteiger partial charge on any atom is -0.481 e. The van der Waals surface area contributed by atoms with Gasteiger partial charge in [0, 0.05) is 18.3 Å². The maximum atomic E-state index is 13.7. The van der Waals surface area contributed by atoms with Crippen LogP contribution in [0.5, 0.6) is 0 Å². The van der Waals surface area contributed by atoms with E-state index in [9.17, 15) is 53.4 Å². The van der Waals surface area contributed by atoms with E-state index in [1.165, 1.54) is 19.4 Å². The summed E-state index contributed by atoms with van der Waals surface area (Å²) in [5.74, 6) is -10.6. The number of nitrogens with one attached hydrogen (secondary N) is 7. The van der Waals surface area contributed by atoms with Gasteiger partial charge in [0.05, 0.1) is 31.3 Å². The number of carboxylic acids is 2. The van der Waals surface area contributed by atoms with Crippen LogP contribution < -0.4 is 43.4 Å². The predicted octanol–water partition coefficient (Wildman–Crippen LogP) is -4.27. The molecule has 0 spiro atoms. The van der Waals surface area contributed by atoms with Crippen molar-refractivity contribution in [3.8, 4) is 0 Å². The first-order valence-electron chi connectivity index (χ1n) is 17.0. The second-order valence-electron chi connectivity index (χ2n) is 13.2. The fourth-order valence-corrected chi connectivity index (χ4v) is 4.84. The van der Waals surface area contributed by atoms with Crippen LogP contribution in [0.3, 0.4) is 0 Å². The van der Waals surface area contributed by atoms with Crippen LogP contribution in [0, 0.1) is 11.8 Å². The Morgan fingerprint density at radius 3 is 1.74 bits per heavy atom. The van der Waals surface area contributed by atoms with Gasteiger partial charge in [-0.1, -0.05) is 34.1 Å². The molecule has 0 saturated carbocycles. The molecule has 1 rings (SSSR count). The largest absolute Gasteiger partial charge is 0.481 e. The van der Waals surface area contributed by atoms with E-state index in [1.54, 1.807) is 27.7 Å². The van der Waals surface area contributed by atoms with Crippen molar-refractivity contribution in [3.63, 3.8) is 0 Å². The Morgan fingerprint density at radius 1 is 0.722 bits per heavy atom. The number of aliphatic carboxylic acids is 2. The van der Waals surface area contributed by atoms with Gasteiger partial charge in [0.25, 0.3) is 0 Å². The van der Waals surface area contributed by atoms with E-state index in [4.69, 9.17) is 16.6 Å². The van der Waals surface area contributed by atoms with Gasteiger partial charge in [0.15, 0.2) is 6.04 Å². The molecule has 0 saturated heterocycles. The third kappa shape index (κ3) is 15.1. The number of carbonyl (C=O) groups excluding carboxylic acids is 7. The molecule has 22 heteroatoms. The quantitative estimate of drug-likeness (QED) is 0.0502. The highest BCUT2D eigenvalue weighted by Crippen LogP contribution is 2.12. The summed E-state index contributed by atoms with van der Waals surface area (Å²) in [6.45, 7) is 8.93. The maximum Gasteiger partial charge on any atom is 0.328 e. The number of aromatic amines is 1. The highest BCUT2D eigenvalue weighted by molar-refractivity contribution is 5.98. The van der Waals surface area contributed by atoms with E-state index in [-0.39, 0.29) is 6.42 Å². The zero-order chi connectivity index (χ0) is 41.4. The molecule has 0 aromatic carbocycles. The monoisotopic (exact) mass is 768 g/mol. The highest BCUT2D eigenvalue weighted by Gasteiger charge is 2.36. The molecule has 0 aliphatic rings. The third-order valence-electron chi connectivity index (χ3n) is 8.22. The van der Waals surface area contributed by atoms with Gasteiger partial charge in [-0.25, -0.2) is 9.78 Å². The smallest absolute Gasteiger partial charge is 0.328 e. The maximum absolute atomic E-state index is 13.7. The number of aromatic nitrogens is 2. The van der Waals surface area contributed by atoms with E-state index in [1.807, 2.05) is 0 Å². The summed E-state index contributed by atoms with van der Waals surface area (Å²) in [7, 11) is 0. The van der Waals surface area contributed by atoms with Crippen LogP contribution in [-0.2, 0) is 49.6 Å². The van der Waals surface area contributed by atoms with E-state index in [0.29, 0.717) is 12.1 Å². The fourth-order valence-electron chi connectivity index (χ4n) is 4.84. The van der Waals surface area contributed by atoms with Crippen molar-refractivity contribution in [1.29, 1.82) is 0 Å². The average molecular weight is 769 g/mol. The number of primary amides is 1. The van der Waals surface area contributed by atoms with Gasteiger partial charge in [-0.3, -0.25) is 38.4 Å². The van der Waals surface area contributed by atoms with Gasteiger partial charge in [-0.05, 0) is 25.7 Å². The number of hydrogen-bond acceptors (Lipinski definition) is 12. The zero-order valence-electron chi connectivity index (χ0n) is 30.9. The first-order valence-corrected chi connectivity index (χ1v) is 17.0. The first kappa shape index (κ1) is 46.4. The minimum atomic E-state index is -1.75. The normalized spacial score (nSPS) is 16.1. The van der Waals surface area contributed by atoms with E-state index in [0.717, 1.165) is 6.92 Å². The lowest BCUT2D eigenvalue weighted by molar-refractivity contribution is -0.145. The Kier molecular flexibility index (Phi) is 18.7. The summed E-state index contributed by atoms with van der Waals surface area (Å²) < 4.78 is 0. The summed E-state index contributed by atoms with van der Waals surface area (Å²) >= 11 is 0. The number of aliphatic hydroxyl groups is 1. The average Bonchev–Trinajstić information content (AvgIpc) is 3.59. The van der Waals surface area contributed by atoms with Gasteiger partial charge in [0.1, 0.15) is 30.2 Å². The summed E-state index contributed by atoms with van der Waals surface area (Å²) in [5.41, 5.74) is 11.2. The van der Waals surface area contributed by atoms with Crippen LogP contribution in [0.25, 0.3) is 0 Å². The molecule has 7 amide bonds. The van der Waals surface area contributed by atoms with Crippen LogP contribution in [-0.4, -0.2) is 127 Å². The Labute approximate surface area is 310 Å². The Morgan fingerprint density at radius 2 is 1.26 bits per heavy atom. The van der Waals surface area contributed by atoms with Crippen LogP contribution in [0.1, 0.15) is 66.5 Å². The number of nitrogens with two attached hydrogens (primary N) is 2. The molecule has 1 aromatic heterocycles. The van der Waals surface area contributed by atoms with E-state index < -0.39 is 126 Å². The first-order chi connectivity index (χ1) is 25.1. The molecule has 14 N–H and O–H groups in total. The van der Waals surface area contributed by atoms with Gasteiger partial charge in [-0.2, -0.15) is 0 Å². The van der Waals surface area contributed by atoms with Crippen LogP contribution in [0.15, 0.2) is 12.5 Å². The summed E-state index contributed by atoms with van der Waals surface area (Å²) in [6, 6.07) is -10.2. The topological polar surface area (TPSA) is 367 Å². The van der Waals surface area contributed by atoms with Gasteiger partial charge >= 0.3 is 11.9 Å². The number of imidazole rings is 1. The molecule has 0 aliphatic carbocycles. The van der Waals surface area contributed by atoms with Gasteiger partial charge in [-0.15, -0.1) is 0 Å². The molecule has 0 aliphatic heterocycles. The van der Waals surface area contributed by atoms with Gasteiger partial charge in [0.2, 0.25) is 41.4 Å². The number of carbonyl (C=O) groups is 9. The van der Waals surface area contributed by atoms with Crippen LogP contribution >= 0.6 is 0 Å². The second-order valence-corrected chi connectivity index (χ2v) is 13.2. The molecule has 1 heterocycles. The molecule has 9 atom stereocenters. The lowest BCUT2D eigenvalue weighted by atomic mass is 9.95. The molecule has 22 nitrogen and oxygen atoms in total. The lowest BCUT2D eigenvalue weighted by Crippen LogP contribution is -2.62. The number of rotatable bonds is 23. The second kappa shape index (κ2) is 21.8. The van der Waals surface area contributed by atoms with E-state index >= 15 is 0 Å². The third-order valence-corrected chi connectivity index (χ3v) is 8.22. The SMILES string of the molecule is CCC(C)C(NC(=O)C(NC(=O)C(C)NC(=O)C(N)CC(=O)O)C(C)C)C(=O)NC(CC(N)=O)C(=O)NC(Cc1cnc[nH]1)C(=O)NC(C(=O)O)C(C)O. The highest BCUT2D eigenvalue weighted by atomic mass is 16.4.